The molecule has 0 radical (unpaired) electrons. The summed E-state index contributed by atoms with van der Waals surface area (Å²) >= 11 is 1.12. The number of aromatic nitrogens is 2. The minimum atomic E-state index is -3.69. The maximum absolute atomic E-state index is 12.9. The molecule has 0 bridgehead atoms. The van der Waals surface area contributed by atoms with E-state index in [1.165, 1.54) is 24.3 Å². The van der Waals surface area contributed by atoms with Crippen LogP contribution in [0.15, 0.2) is 52.2 Å². The third-order valence-corrected chi connectivity index (χ3v) is 5.87. The number of aryl methyl sites for hydroxylation is 1. The molecule has 0 atom stereocenters. The lowest BCUT2D eigenvalue weighted by molar-refractivity contribution is 0.603. The first kappa shape index (κ1) is 14.7. The third kappa shape index (κ3) is 2.88. The highest BCUT2D eigenvalue weighted by Gasteiger charge is 2.18. The first-order valence-corrected chi connectivity index (χ1v) is 8.67. The Morgan fingerprint density at radius 2 is 1.95 bits per heavy atom. The second-order valence-electron chi connectivity index (χ2n) is 4.61. The molecule has 0 saturated heterocycles. The minimum Gasteiger partial charge on any atom is -0.279 e. The maximum atomic E-state index is 12.9. The standard InChI is InChI=1S/C14H12FN3O2S2/c1-18-13(6-7-16-18)10-8-14(21-9-10)22(19,20)17-12-4-2-11(15)3-5-12/h2-9,17H,1H3. The average molecular weight is 337 g/mol. The summed E-state index contributed by atoms with van der Waals surface area (Å²) in [5.41, 5.74) is 1.93. The van der Waals surface area contributed by atoms with Crippen LogP contribution < -0.4 is 4.72 Å². The molecule has 0 aliphatic carbocycles. The Morgan fingerprint density at radius 1 is 1.23 bits per heavy atom. The van der Waals surface area contributed by atoms with Crippen LogP contribution in [0.25, 0.3) is 11.3 Å². The molecule has 1 aromatic carbocycles. The lowest BCUT2D eigenvalue weighted by Crippen LogP contribution is -2.11. The first-order chi connectivity index (χ1) is 10.5. The number of halogens is 1. The zero-order valence-electron chi connectivity index (χ0n) is 11.5. The van der Waals surface area contributed by atoms with Gasteiger partial charge in [0.15, 0.2) is 0 Å². The van der Waals surface area contributed by atoms with Crippen LogP contribution in [0.2, 0.25) is 0 Å². The van der Waals surface area contributed by atoms with Gasteiger partial charge >= 0.3 is 0 Å². The molecule has 22 heavy (non-hydrogen) atoms. The van der Waals surface area contributed by atoms with Crippen molar-refractivity contribution in [3.8, 4) is 11.3 Å². The second kappa shape index (κ2) is 5.54. The van der Waals surface area contributed by atoms with Crippen LogP contribution in [0.4, 0.5) is 10.1 Å². The van der Waals surface area contributed by atoms with Crippen molar-refractivity contribution in [1.29, 1.82) is 0 Å². The molecule has 0 aliphatic heterocycles. The molecular weight excluding hydrogens is 325 g/mol. The molecule has 8 heteroatoms. The fraction of sp³-hybridized carbons (Fsp3) is 0.0714. The van der Waals surface area contributed by atoms with Gasteiger partial charge in [0.25, 0.3) is 10.0 Å². The number of thiophene rings is 1. The van der Waals surface area contributed by atoms with Gasteiger partial charge in [-0.1, -0.05) is 0 Å². The van der Waals surface area contributed by atoms with Crippen LogP contribution >= 0.6 is 11.3 Å². The maximum Gasteiger partial charge on any atom is 0.271 e. The molecule has 0 amide bonds. The van der Waals surface area contributed by atoms with Crippen molar-refractivity contribution in [3.05, 3.63) is 53.8 Å². The van der Waals surface area contributed by atoms with Crippen molar-refractivity contribution in [3.63, 3.8) is 0 Å². The molecule has 5 nitrogen and oxygen atoms in total. The zero-order chi connectivity index (χ0) is 15.7. The van der Waals surface area contributed by atoms with E-state index in [1.807, 2.05) is 6.07 Å². The topological polar surface area (TPSA) is 64.0 Å². The quantitative estimate of drug-likeness (QED) is 0.796. The highest BCUT2D eigenvalue weighted by atomic mass is 32.2. The van der Waals surface area contributed by atoms with Crippen molar-refractivity contribution < 1.29 is 12.8 Å². The van der Waals surface area contributed by atoms with Gasteiger partial charge in [-0.05, 0) is 36.4 Å². The lowest BCUT2D eigenvalue weighted by atomic mass is 10.2. The van der Waals surface area contributed by atoms with Gasteiger partial charge in [-0.25, -0.2) is 12.8 Å². The molecule has 1 N–H and O–H groups in total. The second-order valence-corrected chi connectivity index (χ2v) is 7.43. The molecule has 3 aromatic rings. The van der Waals surface area contributed by atoms with E-state index < -0.39 is 15.8 Å². The summed E-state index contributed by atoms with van der Waals surface area (Å²) in [6, 6.07) is 8.56. The van der Waals surface area contributed by atoms with Gasteiger partial charge in [0, 0.05) is 29.9 Å². The molecule has 2 aromatic heterocycles. The number of hydrogen-bond acceptors (Lipinski definition) is 4. The van der Waals surface area contributed by atoms with Gasteiger partial charge in [0.2, 0.25) is 0 Å². The third-order valence-electron chi connectivity index (χ3n) is 3.05. The Bertz CT molecular complexity index is 898. The highest BCUT2D eigenvalue weighted by Crippen LogP contribution is 2.29. The van der Waals surface area contributed by atoms with Crippen LogP contribution in [0.5, 0.6) is 0 Å². The van der Waals surface area contributed by atoms with E-state index in [0.717, 1.165) is 22.6 Å². The fourth-order valence-corrected chi connectivity index (χ4v) is 4.20. The number of sulfonamides is 1. The SMILES string of the molecule is Cn1nccc1-c1csc(S(=O)(=O)Nc2ccc(F)cc2)c1. The van der Waals surface area contributed by atoms with E-state index in [2.05, 4.69) is 9.82 Å². The fourth-order valence-electron chi connectivity index (χ4n) is 1.97. The van der Waals surface area contributed by atoms with E-state index in [9.17, 15) is 12.8 Å². The molecule has 3 rings (SSSR count). The van der Waals surface area contributed by atoms with Crippen molar-refractivity contribution in [2.75, 3.05) is 4.72 Å². The van der Waals surface area contributed by atoms with Gasteiger partial charge in [0.05, 0.1) is 5.69 Å². The van der Waals surface area contributed by atoms with Gasteiger partial charge < -0.3 is 0 Å². The van der Waals surface area contributed by atoms with E-state index in [-0.39, 0.29) is 4.21 Å². The molecule has 0 fully saturated rings. The average Bonchev–Trinajstić information content (AvgIpc) is 3.10. The molecule has 0 spiro atoms. The lowest BCUT2D eigenvalue weighted by Gasteiger charge is -2.05. The van der Waals surface area contributed by atoms with E-state index >= 15 is 0 Å². The number of nitrogens with one attached hydrogen (secondary N) is 1. The summed E-state index contributed by atoms with van der Waals surface area (Å²) in [5, 5.41) is 5.82. The number of nitrogens with zero attached hydrogens (tertiary/aromatic N) is 2. The summed E-state index contributed by atoms with van der Waals surface area (Å²) in [6.45, 7) is 0. The number of hydrogen-bond donors (Lipinski definition) is 1. The summed E-state index contributed by atoms with van der Waals surface area (Å²) in [7, 11) is -1.90. The van der Waals surface area contributed by atoms with Crippen LogP contribution in [-0.2, 0) is 17.1 Å². The van der Waals surface area contributed by atoms with Crippen LogP contribution in [0, 0.1) is 5.82 Å². The zero-order valence-corrected chi connectivity index (χ0v) is 13.2. The molecular formula is C14H12FN3O2S2. The van der Waals surface area contributed by atoms with E-state index in [0.29, 0.717) is 5.69 Å². The summed E-state index contributed by atoms with van der Waals surface area (Å²) in [4.78, 5) is 0. The Hall–Kier alpha value is -2.19. The minimum absolute atomic E-state index is 0.188. The Morgan fingerprint density at radius 3 is 2.59 bits per heavy atom. The van der Waals surface area contributed by atoms with Gasteiger partial charge in [-0.3, -0.25) is 9.40 Å². The van der Waals surface area contributed by atoms with Gasteiger partial charge in [-0.15, -0.1) is 11.3 Å². The number of benzene rings is 1. The largest absolute Gasteiger partial charge is 0.279 e. The predicted octanol–water partition coefficient (Wildman–Crippen LogP) is 3.09. The highest BCUT2D eigenvalue weighted by molar-refractivity contribution is 7.94. The van der Waals surface area contributed by atoms with Crippen molar-refractivity contribution in [2.45, 2.75) is 4.21 Å². The van der Waals surface area contributed by atoms with Crippen molar-refractivity contribution >= 4 is 27.0 Å². The van der Waals surface area contributed by atoms with Crippen molar-refractivity contribution in [2.24, 2.45) is 7.05 Å². The summed E-state index contributed by atoms with van der Waals surface area (Å²) < 4.78 is 41.8. The van der Waals surface area contributed by atoms with Crippen LogP contribution in [0.3, 0.4) is 0 Å². The van der Waals surface area contributed by atoms with Gasteiger partial charge in [0.1, 0.15) is 10.0 Å². The summed E-state index contributed by atoms with van der Waals surface area (Å²) in [5.74, 6) is -0.419. The van der Waals surface area contributed by atoms with Crippen molar-refractivity contribution in [1.82, 2.24) is 9.78 Å². The first-order valence-electron chi connectivity index (χ1n) is 6.31. The van der Waals surface area contributed by atoms with Crippen LogP contribution in [0.1, 0.15) is 0 Å². The number of anilines is 1. The molecule has 2 heterocycles. The predicted molar refractivity (Wildman–Crippen MR) is 83.7 cm³/mol. The number of rotatable bonds is 4. The normalized spacial score (nSPS) is 11.5. The Kier molecular flexibility index (Phi) is 3.71. The summed E-state index contributed by atoms with van der Waals surface area (Å²) in [6.07, 6.45) is 1.65. The Balaban J connectivity index is 1.88. The van der Waals surface area contributed by atoms with Gasteiger partial charge in [-0.2, -0.15) is 5.10 Å². The van der Waals surface area contributed by atoms with E-state index in [1.54, 1.807) is 29.4 Å². The smallest absolute Gasteiger partial charge is 0.271 e. The Labute approximate surface area is 131 Å². The molecule has 114 valence electrons. The van der Waals surface area contributed by atoms with Crippen LogP contribution in [-0.4, -0.2) is 18.2 Å². The van der Waals surface area contributed by atoms with E-state index in [4.69, 9.17) is 0 Å². The molecule has 0 aliphatic rings. The molecule has 0 unspecified atom stereocenters. The molecule has 0 saturated carbocycles. The monoisotopic (exact) mass is 337 g/mol.